The summed E-state index contributed by atoms with van der Waals surface area (Å²) in [5, 5.41) is 10.0. The quantitative estimate of drug-likeness (QED) is 0.153. The van der Waals surface area contributed by atoms with Crippen LogP contribution in [0.1, 0.15) is 61.8 Å². The average molecular weight is 539 g/mol. The molecule has 1 aliphatic rings. The number of carbonyl (C=O) groups is 2. The van der Waals surface area contributed by atoms with Crippen molar-refractivity contribution in [3.05, 3.63) is 142 Å². The summed E-state index contributed by atoms with van der Waals surface area (Å²) >= 11 is 0. The van der Waals surface area contributed by atoms with Crippen molar-refractivity contribution in [2.45, 2.75) is 67.9 Å². The molecule has 212 valence electrons. The standard InChI is InChI=1S/C37H46O3/c1-28(17-11-19-30(3)20-12-21-31(4)23-14-26-38)15-9-10-16-29(2)18-13-22-32(5)24-25-34-33(6)36(40)35(39)27-37(34,7)8/h9-26,35,39H,27H2,1-8H3. The molecule has 0 aromatic carbocycles. The SMILES string of the molecule is CC(C=CC=C(C)C=CC=C(C)C=CC=O)=CC=CC=C(C)C=CC=C(C)C=CC1=C(C)C(=O)C(O)CC1(C)C. The minimum Gasteiger partial charge on any atom is -0.385 e. The normalized spacial score (nSPS) is 20.7. The van der Waals surface area contributed by atoms with Crippen molar-refractivity contribution < 1.29 is 14.7 Å². The maximum Gasteiger partial charge on any atom is 0.187 e. The lowest BCUT2D eigenvalue weighted by Crippen LogP contribution is -2.35. The first kappa shape index (κ1) is 34.2. The highest BCUT2D eigenvalue weighted by Gasteiger charge is 2.36. The van der Waals surface area contributed by atoms with E-state index in [0.717, 1.165) is 39.7 Å². The van der Waals surface area contributed by atoms with Crippen molar-refractivity contribution >= 4 is 12.1 Å². The third-order valence-corrected chi connectivity index (χ3v) is 6.44. The molecule has 3 nitrogen and oxygen atoms in total. The fraction of sp³-hybridized carbons (Fsp3) is 0.297. The second-order valence-corrected chi connectivity index (χ2v) is 10.9. The van der Waals surface area contributed by atoms with E-state index in [9.17, 15) is 14.7 Å². The number of aldehydes is 1. The molecule has 40 heavy (non-hydrogen) atoms. The highest BCUT2D eigenvalue weighted by molar-refractivity contribution is 6.00. The van der Waals surface area contributed by atoms with Crippen molar-refractivity contribution in [3.8, 4) is 0 Å². The van der Waals surface area contributed by atoms with Crippen LogP contribution < -0.4 is 0 Å². The van der Waals surface area contributed by atoms with E-state index in [1.807, 2.05) is 81.5 Å². The van der Waals surface area contributed by atoms with Crippen LogP contribution in [0.15, 0.2) is 142 Å². The van der Waals surface area contributed by atoms with Crippen LogP contribution >= 0.6 is 0 Å². The molecule has 0 amide bonds. The monoisotopic (exact) mass is 538 g/mol. The Morgan fingerprint density at radius 3 is 1.48 bits per heavy atom. The van der Waals surface area contributed by atoms with Gasteiger partial charge in [0.25, 0.3) is 0 Å². The van der Waals surface area contributed by atoms with Crippen LogP contribution in [-0.2, 0) is 9.59 Å². The summed E-state index contributed by atoms with van der Waals surface area (Å²) in [7, 11) is 0. The summed E-state index contributed by atoms with van der Waals surface area (Å²) in [5.41, 5.74) is 6.92. The Morgan fingerprint density at radius 1 is 0.675 bits per heavy atom. The Balaban J connectivity index is 2.68. The highest BCUT2D eigenvalue weighted by Crippen LogP contribution is 2.39. The lowest BCUT2D eigenvalue weighted by Gasteiger charge is -2.34. The molecule has 3 heteroatoms. The van der Waals surface area contributed by atoms with Crippen LogP contribution in [0.2, 0.25) is 0 Å². The first-order valence-electron chi connectivity index (χ1n) is 13.7. The van der Waals surface area contributed by atoms with E-state index in [2.05, 4.69) is 58.1 Å². The Labute approximate surface area is 242 Å². The van der Waals surface area contributed by atoms with Crippen LogP contribution in [0.4, 0.5) is 0 Å². The van der Waals surface area contributed by atoms with Crippen molar-refractivity contribution in [1.82, 2.24) is 0 Å². The van der Waals surface area contributed by atoms with E-state index in [1.165, 1.54) is 6.08 Å². The van der Waals surface area contributed by atoms with Gasteiger partial charge in [0, 0.05) is 0 Å². The van der Waals surface area contributed by atoms with Crippen molar-refractivity contribution in [2.75, 3.05) is 0 Å². The Hall–Kier alpha value is -3.82. The van der Waals surface area contributed by atoms with Gasteiger partial charge in [0.05, 0.1) is 0 Å². The lowest BCUT2D eigenvalue weighted by atomic mass is 9.71. The average Bonchev–Trinajstić information content (AvgIpc) is 2.88. The van der Waals surface area contributed by atoms with E-state index in [-0.39, 0.29) is 11.2 Å². The topological polar surface area (TPSA) is 54.4 Å². The second kappa shape index (κ2) is 17.7. The number of allylic oxidation sites excluding steroid dienone is 23. The van der Waals surface area contributed by atoms with Crippen molar-refractivity contribution in [1.29, 1.82) is 0 Å². The Morgan fingerprint density at radius 2 is 1.05 bits per heavy atom. The number of rotatable bonds is 12. The molecule has 0 aromatic heterocycles. The fourth-order valence-electron chi connectivity index (χ4n) is 4.08. The van der Waals surface area contributed by atoms with Crippen LogP contribution in [-0.4, -0.2) is 23.3 Å². The zero-order chi connectivity index (χ0) is 30.1. The predicted molar refractivity (Wildman–Crippen MR) is 172 cm³/mol. The Bertz CT molecular complexity index is 1270. The third-order valence-electron chi connectivity index (χ3n) is 6.44. The minimum absolute atomic E-state index is 0.170. The minimum atomic E-state index is -0.900. The molecule has 0 saturated carbocycles. The van der Waals surface area contributed by atoms with Crippen LogP contribution in [0.3, 0.4) is 0 Å². The van der Waals surface area contributed by atoms with E-state index in [4.69, 9.17) is 0 Å². The van der Waals surface area contributed by atoms with Gasteiger partial charge in [-0.05, 0) is 70.6 Å². The van der Waals surface area contributed by atoms with Crippen molar-refractivity contribution in [2.24, 2.45) is 5.41 Å². The van der Waals surface area contributed by atoms with Crippen LogP contribution in [0.5, 0.6) is 0 Å². The zero-order valence-electron chi connectivity index (χ0n) is 25.4. The predicted octanol–water partition coefficient (Wildman–Crippen LogP) is 8.93. The molecule has 0 saturated heterocycles. The van der Waals surface area contributed by atoms with E-state index >= 15 is 0 Å². The van der Waals surface area contributed by atoms with Gasteiger partial charge >= 0.3 is 0 Å². The van der Waals surface area contributed by atoms with Crippen LogP contribution in [0.25, 0.3) is 0 Å². The van der Waals surface area contributed by atoms with Crippen molar-refractivity contribution in [3.63, 3.8) is 0 Å². The number of hydrogen-bond acceptors (Lipinski definition) is 3. The highest BCUT2D eigenvalue weighted by atomic mass is 16.3. The number of aliphatic hydroxyl groups excluding tert-OH is 1. The summed E-state index contributed by atoms with van der Waals surface area (Å²) in [6.07, 6.45) is 34.0. The van der Waals surface area contributed by atoms with E-state index in [0.29, 0.717) is 12.0 Å². The van der Waals surface area contributed by atoms with Gasteiger partial charge in [-0.2, -0.15) is 0 Å². The molecule has 1 rings (SSSR count). The summed E-state index contributed by atoms with van der Waals surface area (Å²) in [4.78, 5) is 22.6. The van der Waals surface area contributed by atoms with Crippen LogP contribution in [0, 0.1) is 5.41 Å². The Kier molecular flexibility index (Phi) is 15.1. The van der Waals surface area contributed by atoms with E-state index in [1.54, 1.807) is 13.0 Å². The van der Waals surface area contributed by atoms with E-state index < -0.39 is 6.10 Å². The number of carbonyl (C=O) groups excluding carboxylic acids is 2. The molecular formula is C37H46O3. The lowest BCUT2D eigenvalue weighted by molar-refractivity contribution is -0.125. The maximum atomic E-state index is 12.2. The fourth-order valence-corrected chi connectivity index (χ4v) is 4.08. The van der Waals surface area contributed by atoms with Gasteiger partial charge in [-0.25, -0.2) is 0 Å². The molecule has 1 aliphatic carbocycles. The number of aliphatic hydroxyl groups is 1. The number of hydrogen-bond donors (Lipinski definition) is 1. The smallest absolute Gasteiger partial charge is 0.187 e. The first-order valence-corrected chi connectivity index (χ1v) is 13.7. The third kappa shape index (κ3) is 13.3. The number of ketones is 1. The molecule has 0 spiro atoms. The molecule has 0 fully saturated rings. The van der Waals surface area contributed by atoms with Gasteiger partial charge in [-0.1, -0.05) is 139 Å². The summed E-state index contributed by atoms with van der Waals surface area (Å²) < 4.78 is 0. The van der Waals surface area contributed by atoms with Gasteiger partial charge in [-0.3, -0.25) is 9.59 Å². The molecule has 0 aliphatic heterocycles. The molecule has 0 bridgehead atoms. The summed E-state index contributed by atoms with van der Waals surface area (Å²) in [5.74, 6) is -0.170. The molecule has 0 aromatic rings. The second-order valence-electron chi connectivity index (χ2n) is 10.9. The van der Waals surface area contributed by atoms with Gasteiger partial charge in [0.15, 0.2) is 5.78 Å². The maximum absolute atomic E-state index is 12.2. The first-order chi connectivity index (χ1) is 18.9. The summed E-state index contributed by atoms with van der Waals surface area (Å²) in [6.45, 7) is 16.1. The molecule has 1 N–H and O–H groups in total. The zero-order valence-corrected chi connectivity index (χ0v) is 25.4. The van der Waals surface area contributed by atoms with Gasteiger partial charge < -0.3 is 5.11 Å². The van der Waals surface area contributed by atoms with Gasteiger partial charge in [0.1, 0.15) is 12.4 Å². The molecule has 1 atom stereocenters. The molecule has 0 radical (unpaired) electrons. The van der Waals surface area contributed by atoms with Gasteiger partial charge in [0.2, 0.25) is 0 Å². The summed E-state index contributed by atoms with van der Waals surface area (Å²) in [6, 6.07) is 0. The molecule has 1 unspecified atom stereocenters. The largest absolute Gasteiger partial charge is 0.385 e. The van der Waals surface area contributed by atoms with Gasteiger partial charge in [-0.15, -0.1) is 0 Å². The molecule has 0 heterocycles. The molecular weight excluding hydrogens is 492 g/mol. The number of Topliss-reactive ketones (excluding diaryl/α,β-unsaturated/α-hetero) is 1.